The van der Waals surface area contributed by atoms with Crippen LogP contribution in [0.1, 0.15) is 107 Å². The lowest BCUT2D eigenvalue weighted by molar-refractivity contribution is -0.473. The van der Waals surface area contributed by atoms with Crippen LogP contribution in [0, 0.1) is 50.7 Å². The number of hydrogen-bond acceptors (Lipinski definition) is 25. The van der Waals surface area contributed by atoms with Crippen molar-refractivity contribution in [2.45, 2.75) is 235 Å². The summed E-state index contributed by atoms with van der Waals surface area (Å²) in [4.78, 5) is 14.7. The van der Waals surface area contributed by atoms with Gasteiger partial charge in [0, 0.05) is 0 Å². The smallest absolute Gasteiger partial charge is 0.357 e. The number of hydrogen-bond donors (Lipinski definition) is 16. The van der Waals surface area contributed by atoms with Crippen molar-refractivity contribution in [3.8, 4) is 0 Å². The molecule has 5 aliphatic carbocycles. The molecule has 0 bridgehead atoms. The van der Waals surface area contributed by atoms with Gasteiger partial charge in [0.25, 0.3) is 0 Å². The molecular formula is C54H86O25. The van der Waals surface area contributed by atoms with Gasteiger partial charge in [-0.15, -0.1) is 0 Å². The molecule has 4 heterocycles. The highest BCUT2D eigenvalue weighted by Crippen LogP contribution is 2.74. The van der Waals surface area contributed by atoms with Gasteiger partial charge in [0.1, 0.15) is 73.2 Å². The fraction of sp³-hybridized carbons (Fsp3) is 0.907. The standard InChI is InChI=1S/C54H86O25/c1-22-33(57)36(60)39(63)46(73-22)74-41-28(20-56)76-52(69,44(67)40(41)64)72-21-29-35(59)38(62)43(66)54(71,77-29)79-45(68)25-18-47(2,3)17-24-23(25)11-15-50(7)26(24)9-10-31-49(6)14-13-32(48(4,5)30(49)12-16-51(31,50)8)78-53(70)42(65)37(61)34(58)27(19-55)75-53/h9-10,22-23,25,27-44,46,55-67,69-71H,11-21H2,1-8H3. The Morgan fingerprint density at radius 3 is 1.90 bits per heavy atom. The van der Waals surface area contributed by atoms with Gasteiger partial charge in [-0.05, 0) is 109 Å². The zero-order chi connectivity index (χ0) is 58.3. The predicted octanol–water partition coefficient (Wildman–Crippen LogP) is -3.27. The van der Waals surface area contributed by atoms with Crippen molar-refractivity contribution in [3.05, 3.63) is 23.3 Å². The Bertz CT molecular complexity index is 2300. The first-order chi connectivity index (χ1) is 36.6. The first-order valence-electron chi connectivity index (χ1n) is 27.8. The van der Waals surface area contributed by atoms with Gasteiger partial charge < -0.3 is 120 Å². The fourth-order valence-corrected chi connectivity index (χ4v) is 16.1. The van der Waals surface area contributed by atoms with Crippen LogP contribution in [0.2, 0.25) is 0 Å². The number of fused-ring (bicyclic) bond motifs is 6. The van der Waals surface area contributed by atoms with Crippen molar-refractivity contribution in [1.29, 1.82) is 0 Å². The number of carbonyl (C=O) groups excluding carboxylic acids is 1. The van der Waals surface area contributed by atoms with Gasteiger partial charge in [-0.25, -0.2) is 0 Å². The second-order valence-electron chi connectivity index (χ2n) is 26.4. The summed E-state index contributed by atoms with van der Waals surface area (Å²) in [5, 5.41) is 173. The third kappa shape index (κ3) is 9.91. The van der Waals surface area contributed by atoms with Crippen molar-refractivity contribution in [2.24, 2.45) is 50.7 Å². The Kier molecular flexibility index (Phi) is 16.5. The van der Waals surface area contributed by atoms with E-state index in [4.69, 9.17) is 37.9 Å². The first-order valence-corrected chi connectivity index (χ1v) is 27.8. The van der Waals surface area contributed by atoms with Gasteiger partial charge in [-0.1, -0.05) is 66.2 Å². The van der Waals surface area contributed by atoms with Crippen LogP contribution < -0.4 is 0 Å². The van der Waals surface area contributed by atoms with E-state index in [1.54, 1.807) is 0 Å². The molecule has 9 aliphatic rings. The highest BCUT2D eigenvalue weighted by Gasteiger charge is 2.69. The van der Waals surface area contributed by atoms with E-state index in [0.717, 1.165) is 24.0 Å². The van der Waals surface area contributed by atoms with Gasteiger partial charge in [-0.3, -0.25) is 4.79 Å². The van der Waals surface area contributed by atoms with Gasteiger partial charge in [-0.2, -0.15) is 0 Å². The molecule has 0 aromatic carbocycles. The van der Waals surface area contributed by atoms with Gasteiger partial charge >= 0.3 is 23.9 Å². The second-order valence-corrected chi connectivity index (χ2v) is 26.4. The minimum absolute atomic E-state index is 0.0413. The summed E-state index contributed by atoms with van der Waals surface area (Å²) in [6.07, 6.45) is -23.0. The highest BCUT2D eigenvalue weighted by atomic mass is 16.9. The molecule has 0 amide bonds. The minimum atomic E-state index is -3.32. The Balaban J connectivity index is 0.906. The average Bonchev–Trinajstić information content (AvgIpc) is 3.56. The number of rotatable bonds is 11. The van der Waals surface area contributed by atoms with Crippen LogP contribution in [0.3, 0.4) is 0 Å². The molecule has 0 aromatic rings. The van der Waals surface area contributed by atoms with Crippen LogP contribution in [0.15, 0.2) is 23.3 Å². The van der Waals surface area contributed by atoms with Crippen LogP contribution in [-0.4, -0.2) is 235 Å². The lowest BCUT2D eigenvalue weighted by Crippen LogP contribution is -2.70. The number of allylic oxidation sites excluding steroid dienone is 4. The summed E-state index contributed by atoms with van der Waals surface area (Å²) < 4.78 is 44.9. The number of ether oxygens (including phenoxy) is 8. The molecule has 4 aliphatic heterocycles. The molecule has 28 unspecified atom stereocenters. The molecule has 7 fully saturated rings. The Hall–Kier alpha value is -1.97. The molecule has 28 atom stereocenters. The Morgan fingerprint density at radius 1 is 0.658 bits per heavy atom. The summed E-state index contributed by atoms with van der Waals surface area (Å²) >= 11 is 0. The van der Waals surface area contributed by atoms with E-state index in [9.17, 15) is 86.5 Å². The fourth-order valence-electron chi connectivity index (χ4n) is 16.1. The Morgan fingerprint density at radius 2 is 1.25 bits per heavy atom. The Labute approximate surface area is 457 Å². The van der Waals surface area contributed by atoms with Crippen LogP contribution in [0.4, 0.5) is 0 Å². The minimum Gasteiger partial charge on any atom is -0.405 e. The van der Waals surface area contributed by atoms with Gasteiger partial charge in [0.05, 0.1) is 37.9 Å². The van der Waals surface area contributed by atoms with Crippen LogP contribution in [0.5, 0.6) is 0 Å². The summed E-state index contributed by atoms with van der Waals surface area (Å²) in [6, 6.07) is 0. The predicted molar refractivity (Wildman–Crippen MR) is 265 cm³/mol. The van der Waals surface area contributed by atoms with E-state index in [1.807, 2.05) is 13.8 Å². The van der Waals surface area contributed by atoms with E-state index >= 15 is 0 Å². The summed E-state index contributed by atoms with van der Waals surface area (Å²) in [7, 11) is 0. The second kappa shape index (κ2) is 21.2. The van der Waals surface area contributed by atoms with Crippen LogP contribution in [0.25, 0.3) is 0 Å². The van der Waals surface area contributed by atoms with Crippen LogP contribution >= 0.6 is 0 Å². The van der Waals surface area contributed by atoms with Crippen molar-refractivity contribution in [1.82, 2.24) is 0 Å². The maximum atomic E-state index is 14.7. The number of esters is 1. The number of carbonyl (C=O) groups is 1. The number of aliphatic hydroxyl groups excluding tert-OH is 13. The van der Waals surface area contributed by atoms with Crippen molar-refractivity contribution in [2.75, 3.05) is 19.8 Å². The lowest BCUT2D eigenvalue weighted by Gasteiger charge is -2.69. The molecule has 79 heavy (non-hydrogen) atoms. The molecule has 4 saturated heterocycles. The maximum Gasteiger partial charge on any atom is 0.357 e. The SMILES string of the molecule is CC1OC(OC2C(CO)OC(O)(OCC3OC(O)(OC(=O)C4CC(C)(C)CC5=C6C=CC7C8(C)CCC(OC9(O)OC(CO)C(O)C(O)C9O)C(C)(C)C8CCC7(C)C6(C)CCC54)C(O)C(O)C3O)C(O)C2O)C(O)C(O)C1O. The normalized spacial score (nSPS) is 54.2. The quantitative estimate of drug-likeness (QED) is 0.0548. The summed E-state index contributed by atoms with van der Waals surface area (Å²) in [5.41, 5.74) is 0.116. The summed E-state index contributed by atoms with van der Waals surface area (Å²) in [5.74, 6) is -11.4. The van der Waals surface area contributed by atoms with E-state index in [0.29, 0.717) is 38.5 Å². The molecule has 0 aromatic heterocycles. The maximum absolute atomic E-state index is 14.7. The zero-order valence-electron chi connectivity index (χ0n) is 46.0. The van der Waals surface area contributed by atoms with Crippen molar-refractivity contribution < 1.29 is 124 Å². The van der Waals surface area contributed by atoms with Crippen molar-refractivity contribution in [3.63, 3.8) is 0 Å². The average molecular weight is 1140 g/mol. The molecule has 3 saturated carbocycles. The highest BCUT2D eigenvalue weighted by molar-refractivity contribution is 5.74. The molecule has 452 valence electrons. The molecule has 16 N–H and O–H groups in total. The topological polar surface area (TPSA) is 415 Å². The van der Waals surface area contributed by atoms with Gasteiger partial charge in [0.2, 0.25) is 0 Å². The summed E-state index contributed by atoms with van der Waals surface area (Å²) in [6.45, 7) is 13.6. The molecule has 9 rings (SSSR count). The van der Waals surface area contributed by atoms with Gasteiger partial charge in [0.15, 0.2) is 24.6 Å². The first kappa shape index (κ1) is 61.6. The molecule has 0 spiro atoms. The van der Waals surface area contributed by atoms with E-state index in [-0.39, 0.29) is 34.0 Å². The van der Waals surface area contributed by atoms with E-state index in [2.05, 4.69) is 46.8 Å². The molecule has 25 heteroatoms. The molecule has 0 radical (unpaired) electrons. The lowest BCUT2D eigenvalue weighted by atomic mass is 9.36. The monoisotopic (exact) mass is 1130 g/mol. The van der Waals surface area contributed by atoms with E-state index in [1.165, 1.54) is 6.92 Å². The van der Waals surface area contributed by atoms with Crippen LogP contribution in [-0.2, 0) is 42.7 Å². The van der Waals surface area contributed by atoms with Crippen molar-refractivity contribution >= 4 is 5.97 Å². The largest absolute Gasteiger partial charge is 0.405 e. The van der Waals surface area contributed by atoms with E-state index < -0.39 is 171 Å². The number of aliphatic hydroxyl groups is 16. The zero-order valence-corrected chi connectivity index (χ0v) is 46.0. The molecular weight excluding hydrogens is 1050 g/mol. The third-order valence-corrected chi connectivity index (χ3v) is 20.8. The molecule has 25 nitrogen and oxygen atoms in total. The third-order valence-electron chi connectivity index (χ3n) is 20.8.